The van der Waals surface area contributed by atoms with E-state index in [0.29, 0.717) is 12.1 Å². The number of hydrogen-bond donors (Lipinski definition) is 1. The Kier molecular flexibility index (Phi) is 5.65. The quantitative estimate of drug-likeness (QED) is 0.744. The van der Waals surface area contributed by atoms with Crippen LogP contribution in [0.5, 0.6) is 0 Å². The molecular weight excluding hydrogens is 350 g/mol. The van der Waals surface area contributed by atoms with Crippen LogP contribution >= 0.6 is 0 Å². The molecule has 2 heterocycles. The van der Waals surface area contributed by atoms with Crippen LogP contribution in [0.25, 0.3) is 22.2 Å². The fraction of sp³-hybridized carbons (Fsp3) is 0.304. The number of hydrogen-bond acceptors (Lipinski definition) is 4. The van der Waals surface area contributed by atoms with Crippen molar-refractivity contribution in [1.29, 1.82) is 0 Å². The van der Waals surface area contributed by atoms with Gasteiger partial charge in [0, 0.05) is 37.1 Å². The Hall–Kier alpha value is -2.76. The van der Waals surface area contributed by atoms with Gasteiger partial charge in [-0.05, 0) is 25.1 Å². The maximum Gasteiger partial charge on any atom is 0.252 e. The van der Waals surface area contributed by atoms with E-state index in [1.807, 2.05) is 61.5 Å². The van der Waals surface area contributed by atoms with E-state index in [9.17, 15) is 4.79 Å². The molecule has 1 fully saturated rings. The first-order valence-corrected chi connectivity index (χ1v) is 9.76. The van der Waals surface area contributed by atoms with E-state index in [2.05, 4.69) is 10.2 Å². The molecule has 1 aromatic heterocycles. The van der Waals surface area contributed by atoms with Gasteiger partial charge in [0.15, 0.2) is 0 Å². The van der Waals surface area contributed by atoms with Gasteiger partial charge in [0.1, 0.15) is 0 Å². The van der Waals surface area contributed by atoms with Crippen LogP contribution in [0, 0.1) is 6.92 Å². The Morgan fingerprint density at radius 3 is 2.68 bits per heavy atom. The zero-order chi connectivity index (χ0) is 19.3. The normalized spacial score (nSPS) is 14.9. The summed E-state index contributed by atoms with van der Waals surface area (Å²) in [4.78, 5) is 20.1. The minimum Gasteiger partial charge on any atom is -0.379 e. The number of nitrogens with one attached hydrogen (secondary N) is 1. The van der Waals surface area contributed by atoms with Gasteiger partial charge >= 0.3 is 0 Å². The molecule has 5 nitrogen and oxygen atoms in total. The lowest BCUT2D eigenvalue weighted by atomic mass is 10.0. The van der Waals surface area contributed by atoms with Crippen molar-refractivity contribution >= 4 is 16.8 Å². The number of morpholine rings is 1. The first-order chi connectivity index (χ1) is 13.7. The molecular formula is C23H25N3O2. The van der Waals surface area contributed by atoms with Gasteiger partial charge in [0.25, 0.3) is 5.91 Å². The molecule has 3 aromatic rings. The number of pyridine rings is 1. The van der Waals surface area contributed by atoms with Crippen molar-refractivity contribution in [1.82, 2.24) is 15.2 Å². The van der Waals surface area contributed by atoms with Crippen LogP contribution in [-0.2, 0) is 4.74 Å². The summed E-state index contributed by atoms with van der Waals surface area (Å²) in [5, 5.41) is 3.98. The second kappa shape index (κ2) is 8.50. The monoisotopic (exact) mass is 375 g/mol. The number of aromatic nitrogens is 1. The zero-order valence-electron chi connectivity index (χ0n) is 16.1. The van der Waals surface area contributed by atoms with Crippen LogP contribution < -0.4 is 5.32 Å². The van der Waals surface area contributed by atoms with Crippen molar-refractivity contribution in [3.8, 4) is 11.3 Å². The van der Waals surface area contributed by atoms with E-state index >= 15 is 0 Å². The van der Waals surface area contributed by atoms with Crippen molar-refractivity contribution in [2.24, 2.45) is 0 Å². The van der Waals surface area contributed by atoms with Gasteiger partial charge in [0.2, 0.25) is 0 Å². The summed E-state index contributed by atoms with van der Waals surface area (Å²) in [7, 11) is 0. The number of ether oxygens (including phenoxy) is 1. The molecule has 0 bridgehead atoms. The zero-order valence-corrected chi connectivity index (χ0v) is 16.1. The molecule has 5 heteroatoms. The lowest BCUT2D eigenvalue weighted by molar-refractivity contribution is 0.0383. The standard InChI is InChI=1S/C23H25N3O2/c1-17-7-8-21-19(15-17)20(16-22(25-21)18-5-3-2-4-6-18)23(27)24-9-10-26-11-13-28-14-12-26/h2-8,15-16H,9-14H2,1H3,(H,24,27). The topological polar surface area (TPSA) is 54.5 Å². The van der Waals surface area contributed by atoms with E-state index in [-0.39, 0.29) is 5.91 Å². The van der Waals surface area contributed by atoms with E-state index in [0.717, 1.165) is 60.6 Å². The van der Waals surface area contributed by atoms with Crippen molar-refractivity contribution < 1.29 is 9.53 Å². The summed E-state index contributed by atoms with van der Waals surface area (Å²) < 4.78 is 5.38. The molecule has 0 unspecified atom stereocenters. The molecule has 1 aliphatic rings. The molecule has 1 aliphatic heterocycles. The number of fused-ring (bicyclic) bond motifs is 1. The molecule has 144 valence electrons. The number of rotatable bonds is 5. The summed E-state index contributed by atoms with van der Waals surface area (Å²) in [6, 6.07) is 17.9. The molecule has 28 heavy (non-hydrogen) atoms. The first kappa shape index (κ1) is 18.6. The third kappa shape index (κ3) is 4.21. The lowest BCUT2D eigenvalue weighted by Gasteiger charge is -2.26. The fourth-order valence-corrected chi connectivity index (χ4v) is 3.53. The Morgan fingerprint density at radius 2 is 1.89 bits per heavy atom. The Bertz CT molecular complexity index is 966. The summed E-state index contributed by atoms with van der Waals surface area (Å²) in [5.41, 5.74) is 4.45. The summed E-state index contributed by atoms with van der Waals surface area (Å²) in [6.07, 6.45) is 0. The van der Waals surface area contributed by atoms with Crippen LogP contribution in [0.1, 0.15) is 15.9 Å². The second-order valence-corrected chi connectivity index (χ2v) is 7.15. The molecule has 0 saturated carbocycles. The first-order valence-electron chi connectivity index (χ1n) is 9.76. The van der Waals surface area contributed by atoms with E-state index in [1.54, 1.807) is 0 Å². The third-order valence-electron chi connectivity index (χ3n) is 5.10. The highest BCUT2D eigenvalue weighted by Gasteiger charge is 2.15. The van der Waals surface area contributed by atoms with Crippen molar-refractivity contribution in [3.63, 3.8) is 0 Å². The lowest BCUT2D eigenvalue weighted by Crippen LogP contribution is -2.41. The van der Waals surface area contributed by atoms with Crippen LogP contribution in [0.4, 0.5) is 0 Å². The molecule has 0 spiro atoms. The van der Waals surface area contributed by atoms with Gasteiger partial charge in [0.05, 0.1) is 30.0 Å². The van der Waals surface area contributed by atoms with Crippen LogP contribution in [-0.4, -0.2) is 55.2 Å². The molecule has 4 rings (SSSR count). The largest absolute Gasteiger partial charge is 0.379 e. The van der Waals surface area contributed by atoms with E-state index < -0.39 is 0 Å². The molecule has 1 amide bonds. The maximum absolute atomic E-state index is 13.0. The Balaban J connectivity index is 1.60. The number of benzene rings is 2. The molecule has 1 N–H and O–H groups in total. The average Bonchev–Trinajstić information content (AvgIpc) is 2.74. The minimum atomic E-state index is -0.0524. The smallest absolute Gasteiger partial charge is 0.252 e. The molecule has 0 atom stereocenters. The highest BCUT2D eigenvalue weighted by Crippen LogP contribution is 2.25. The minimum absolute atomic E-state index is 0.0524. The van der Waals surface area contributed by atoms with Crippen molar-refractivity contribution in [3.05, 3.63) is 65.7 Å². The van der Waals surface area contributed by atoms with Crippen molar-refractivity contribution in [2.45, 2.75) is 6.92 Å². The number of carbonyl (C=O) groups excluding carboxylic acids is 1. The number of aryl methyl sites for hydroxylation is 1. The Morgan fingerprint density at radius 1 is 1.11 bits per heavy atom. The third-order valence-corrected chi connectivity index (χ3v) is 5.10. The SMILES string of the molecule is Cc1ccc2nc(-c3ccccc3)cc(C(=O)NCCN3CCOCC3)c2c1. The predicted molar refractivity (Wildman–Crippen MR) is 112 cm³/mol. The highest BCUT2D eigenvalue weighted by atomic mass is 16.5. The average molecular weight is 375 g/mol. The van der Waals surface area contributed by atoms with Gasteiger partial charge in [-0.25, -0.2) is 4.98 Å². The summed E-state index contributed by atoms with van der Waals surface area (Å²) in [6.45, 7) is 6.87. The van der Waals surface area contributed by atoms with Gasteiger partial charge in [-0.3, -0.25) is 9.69 Å². The fourth-order valence-electron chi connectivity index (χ4n) is 3.53. The summed E-state index contributed by atoms with van der Waals surface area (Å²) in [5.74, 6) is -0.0524. The van der Waals surface area contributed by atoms with Crippen LogP contribution in [0.3, 0.4) is 0 Å². The molecule has 1 saturated heterocycles. The van der Waals surface area contributed by atoms with Gasteiger partial charge < -0.3 is 10.1 Å². The van der Waals surface area contributed by atoms with E-state index in [4.69, 9.17) is 9.72 Å². The van der Waals surface area contributed by atoms with Gasteiger partial charge in [-0.2, -0.15) is 0 Å². The molecule has 2 aromatic carbocycles. The number of amides is 1. The number of nitrogens with zero attached hydrogens (tertiary/aromatic N) is 2. The number of carbonyl (C=O) groups is 1. The highest BCUT2D eigenvalue weighted by molar-refractivity contribution is 6.07. The second-order valence-electron chi connectivity index (χ2n) is 7.15. The molecule has 0 radical (unpaired) electrons. The predicted octanol–water partition coefficient (Wildman–Crippen LogP) is 3.27. The Labute approximate surface area is 165 Å². The van der Waals surface area contributed by atoms with Crippen molar-refractivity contribution in [2.75, 3.05) is 39.4 Å². The van der Waals surface area contributed by atoms with Crippen LogP contribution in [0.2, 0.25) is 0 Å². The molecule has 0 aliphatic carbocycles. The van der Waals surface area contributed by atoms with Gasteiger partial charge in [-0.1, -0.05) is 42.0 Å². The van der Waals surface area contributed by atoms with Crippen LogP contribution in [0.15, 0.2) is 54.6 Å². The maximum atomic E-state index is 13.0. The van der Waals surface area contributed by atoms with E-state index in [1.165, 1.54) is 0 Å². The summed E-state index contributed by atoms with van der Waals surface area (Å²) >= 11 is 0. The van der Waals surface area contributed by atoms with Gasteiger partial charge in [-0.15, -0.1) is 0 Å².